The predicted octanol–water partition coefficient (Wildman–Crippen LogP) is 4.82. The van der Waals surface area contributed by atoms with Gasteiger partial charge in [0, 0.05) is 5.69 Å². The number of hydrogen-bond acceptors (Lipinski definition) is 3. The van der Waals surface area contributed by atoms with Gasteiger partial charge in [0.25, 0.3) is 0 Å². The molecule has 0 aromatic heterocycles. The molecule has 0 spiro atoms. The van der Waals surface area contributed by atoms with Crippen LogP contribution in [0.1, 0.15) is 42.0 Å². The topological polar surface area (TPSA) is 78.4 Å². The molecular formula is C29H32N2O3. The van der Waals surface area contributed by atoms with Crippen molar-refractivity contribution in [2.24, 2.45) is 5.92 Å². The van der Waals surface area contributed by atoms with Crippen LogP contribution in [0.4, 0.5) is 5.69 Å². The van der Waals surface area contributed by atoms with E-state index in [-0.39, 0.29) is 11.8 Å². The van der Waals surface area contributed by atoms with Crippen LogP contribution < -0.4 is 10.6 Å². The van der Waals surface area contributed by atoms with Gasteiger partial charge in [0.15, 0.2) is 0 Å². The third-order valence-corrected chi connectivity index (χ3v) is 6.62. The normalized spacial score (nSPS) is 18.6. The van der Waals surface area contributed by atoms with Crippen LogP contribution >= 0.6 is 0 Å². The summed E-state index contributed by atoms with van der Waals surface area (Å²) in [5.41, 5.74) is 5.20. The second-order valence-corrected chi connectivity index (χ2v) is 9.44. The van der Waals surface area contributed by atoms with Crippen molar-refractivity contribution in [2.75, 3.05) is 5.32 Å². The van der Waals surface area contributed by atoms with Gasteiger partial charge in [0.1, 0.15) is 6.04 Å². The molecule has 5 heteroatoms. The lowest BCUT2D eigenvalue weighted by Gasteiger charge is -2.28. The second kappa shape index (κ2) is 10.7. The van der Waals surface area contributed by atoms with Crippen molar-refractivity contribution in [3.05, 3.63) is 101 Å². The number of fused-ring (bicyclic) bond motifs is 1. The fourth-order valence-electron chi connectivity index (χ4n) is 4.67. The molecule has 0 bridgehead atoms. The van der Waals surface area contributed by atoms with Crippen molar-refractivity contribution in [1.82, 2.24) is 5.32 Å². The smallest absolute Gasteiger partial charge is 0.321 e. The van der Waals surface area contributed by atoms with Crippen LogP contribution in [-0.4, -0.2) is 29.1 Å². The van der Waals surface area contributed by atoms with Gasteiger partial charge < -0.3 is 10.4 Å². The molecule has 3 aromatic rings. The lowest BCUT2D eigenvalue weighted by atomic mass is 9.85. The van der Waals surface area contributed by atoms with Crippen LogP contribution in [0.5, 0.6) is 0 Å². The number of hydrogen-bond donors (Lipinski definition) is 3. The van der Waals surface area contributed by atoms with E-state index in [4.69, 9.17) is 0 Å². The molecule has 1 heterocycles. The molecule has 3 atom stereocenters. The molecule has 5 nitrogen and oxygen atoms in total. The molecule has 1 aliphatic heterocycles. The summed E-state index contributed by atoms with van der Waals surface area (Å²) in [4.78, 5) is 25.5. The van der Waals surface area contributed by atoms with E-state index in [0.29, 0.717) is 25.2 Å². The predicted molar refractivity (Wildman–Crippen MR) is 135 cm³/mol. The molecule has 34 heavy (non-hydrogen) atoms. The zero-order valence-electron chi connectivity index (χ0n) is 19.7. The minimum atomic E-state index is -0.960. The first-order valence-corrected chi connectivity index (χ1v) is 11.9. The van der Waals surface area contributed by atoms with Gasteiger partial charge >= 0.3 is 5.97 Å². The number of anilines is 1. The Balaban J connectivity index is 1.62. The van der Waals surface area contributed by atoms with Crippen molar-refractivity contribution < 1.29 is 14.7 Å². The first kappa shape index (κ1) is 23.7. The van der Waals surface area contributed by atoms with Crippen molar-refractivity contribution in [2.45, 2.75) is 51.1 Å². The molecule has 4 rings (SSSR count). The zero-order chi connectivity index (χ0) is 24.1. The summed E-state index contributed by atoms with van der Waals surface area (Å²) < 4.78 is 0. The van der Waals surface area contributed by atoms with E-state index in [1.165, 1.54) is 5.56 Å². The molecule has 176 valence electrons. The van der Waals surface area contributed by atoms with Gasteiger partial charge in [-0.2, -0.15) is 0 Å². The molecule has 3 aromatic carbocycles. The number of carboxylic acids is 1. The van der Waals surface area contributed by atoms with Gasteiger partial charge in [0.05, 0.1) is 6.04 Å². The maximum atomic E-state index is 13.4. The Morgan fingerprint density at radius 3 is 2.32 bits per heavy atom. The summed E-state index contributed by atoms with van der Waals surface area (Å²) in [6, 6.07) is 24.4. The molecule has 0 aliphatic carbocycles. The van der Waals surface area contributed by atoms with Crippen LogP contribution in [0.3, 0.4) is 0 Å². The van der Waals surface area contributed by atoms with Crippen molar-refractivity contribution >= 4 is 17.6 Å². The maximum absolute atomic E-state index is 13.4. The first-order chi connectivity index (χ1) is 16.4. The van der Waals surface area contributed by atoms with Gasteiger partial charge in [-0.15, -0.1) is 0 Å². The number of para-hydroxylation sites is 1. The Morgan fingerprint density at radius 1 is 0.971 bits per heavy atom. The molecule has 0 radical (unpaired) electrons. The highest BCUT2D eigenvalue weighted by atomic mass is 16.4. The zero-order valence-corrected chi connectivity index (χ0v) is 19.7. The summed E-state index contributed by atoms with van der Waals surface area (Å²) in [7, 11) is 0. The molecule has 0 fully saturated rings. The van der Waals surface area contributed by atoms with Crippen LogP contribution in [0.15, 0.2) is 78.9 Å². The quantitative estimate of drug-likeness (QED) is 0.454. The second-order valence-electron chi connectivity index (χ2n) is 9.44. The van der Waals surface area contributed by atoms with Crippen LogP contribution in [-0.2, 0) is 28.9 Å². The molecule has 0 saturated heterocycles. The number of nitrogens with one attached hydrogen (secondary N) is 2. The Hall–Kier alpha value is -3.44. The maximum Gasteiger partial charge on any atom is 0.321 e. The van der Waals surface area contributed by atoms with Crippen molar-refractivity contribution in [1.29, 1.82) is 0 Å². The number of aliphatic carboxylic acids is 1. The average Bonchev–Trinajstić information content (AvgIpc) is 2.95. The standard InChI is InChI=1S/C29H32N2O3/c1-19(2)22-14-12-21(13-15-22)16-24-18-23-10-6-7-11-25(23)31-28(32)27(24)30-26(29(33)34)17-20-8-4-3-5-9-20/h3-15,19,24,26-27,30H,16-18H2,1-2H3,(H,31,32)(H,33,34)/t24?,26-,27-/m0/s1. The number of carbonyl (C=O) groups is 2. The Kier molecular flexibility index (Phi) is 7.43. The highest BCUT2D eigenvalue weighted by molar-refractivity contribution is 5.97. The summed E-state index contributed by atoms with van der Waals surface area (Å²) in [5.74, 6) is -0.786. The molecule has 3 N–H and O–H groups in total. The van der Waals surface area contributed by atoms with Gasteiger partial charge in [-0.3, -0.25) is 14.9 Å². The molecule has 1 unspecified atom stereocenters. The molecule has 0 saturated carbocycles. The number of benzene rings is 3. The number of amides is 1. The van der Waals surface area contributed by atoms with Gasteiger partial charge in [-0.05, 0) is 59.4 Å². The van der Waals surface area contributed by atoms with Crippen molar-refractivity contribution in [3.63, 3.8) is 0 Å². The molecular weight excluding hydrogens is 424 g/mol. The van der Waals surface area contributed by atoms with Gasteiger partial charge in [-0.1, -0.05) is 86.6 Å². The van der Waals surface area contributed by atoms with E-state index < -0.39 is 18.1 Å². The van der Waals surface area contributed by atoms with Crippen LogP contribution in [0.2, 0.25) is 0 Å². The highest BCUT2D eigenvalue weighted by Gasteiger charge is 2.35. The highest BCUT2D eigenvalue weighted by Crippen LogP contribution is 2.28. The summed E-state index contributed by atoms with van der Waals surface area (Å²) in [6.07, 6.45) is 1.66. The lowest BCUT2D eigenvalue weighted by molar-refractivity contribution is -0.140. The molecule has 1 amide bonds. The summed E-state index contributed by atoms with van der Waals surface area (Å²) >= 11 is 0. The van der Waals surface area contributed by atoms with E-state index >= 15 is 0 Å². The monoisotopic (exact) mass is 456 g/mol. The Labute approximate surface area is 201 Å². The SMILES string of the molecule is CC(C)c1ccc(CC2Cc3ccccc3NC(=O)[C@H]2N[C@@H](Cc2ccccc2)C(=O)O)cc1. The van der Waals surface area contributed by atoms with E-state index in [0.717, 1.165) is 22.4 Å². The number of carboxylic acid groups (broad SMARTS) is 1. The van der Waals surface area contributed by atoms with Gasteiger partial charge in [0.2, 0.25) is 5.91 Å². The number of carbonyl (C=O) groups excluding carboxylic acids is 1. The first-order valence-electron chi connectivity index (χ1n) is 11.9. The summed E-state index contributed by atoms with van der Waals surface area (Å²) in [5, 5.41) is 16.2. The third-order valence-electron chi connectivity index (χ3n) is 6.62. The van der Waals surface area contributed by atoms with E-state index in [2.05, 4.69) is 48.7 Å². The van der Waals surface area contributed by atoms with Crippen LogP contribution in [0.25, 0.3) is 0 Å². The number of rotatable bonds is 8. The van der Waals surface area contributed by atoms with E-state index in [1.807, 2.05) is 54.6 Å². The fraction of sp³-hybridized carbons (Fsp3) is 0.310. The largest absolute Gasteiger partial charge is 0.480 e. The Morgan fingerprint density at radius 2 is 1.65 bits per heavy atom. The van der Waals surface area contributed by atoms with E-state index in [1.54, 1.807) is 0 Å². The Bertz CT molecular complexity index is 1130. The molecule has 1 aliphatic rings. The third kappa shape index (κ3) is 5.72. The average molecular weight is 457 g/mol. The van der Waals surface area contributed by atoms with E-state index in [9.17, 15) is 14.7 Å². The minimum absolute atomic E-state index is 0.0915. The minimum Gasteiger partial charge on any atom is -0.480 e. The lowest BCUT2D eigenvalue weighted by Crippen LogP contribution is -2.53. The fourth-order valence-corrected chi connectivity index (χ4v) is 4.67. The van der Waals surface area contributed by atoms with Gasteiger partial charge in [-0.25, -0.2) is 0 Å². The summed E-state index contributed by atoms with van der Waals surface area (Å²) in [6.45, 7) is 4.33. The van der Waals surface area contributed by atoms with Crippen LogP contribution in [0, 0.1) is 5.92 Å². The van der Waals surface area contributed by atoms with Crippen molar-refractivity contribution in [3.8, 4) is 0 Å².